The molecule has 0 atom stereocenters. The smallest absolute Gasteiger partial charge is 0.404 e. The number of rotatable bonds is 15. The van der Waals surface area contributed by atoms with Crippen LogP contribution in [0.3, 0.4) is 0 Å². The number of hydrogen-bond donors (Lipinski definition) is 3. The van der Waals surface area contributed by atoms with E-state index in [1.54, 1.807) is 36.4 Å². The number of amides is 3. The first-order valence-electron chi connectivity index (χ1n) is 13.3. The lowest BCUT2D eigenvalue weighted by molar-refractivity contribution is -0.123. The van der Waals surface area contributed by atoms with Crippen LogP contribution in [-0.4, -0.2) is 75.4 Å². The Labute approximate surface area is 244 Å². The molecule has 0 saturated heterocycles. The fourth-order valence-electron chi connectivity index (χ4n) is 3.98. The number of nitrogens with one attached hydrogen (secondary N) is 2. The Morgan fingerprint density at radius 1 is 0.698 bits per heavy atom. The largest absolute Gasteiger partial charge is 0.484 e. The zero-order valence-electron chi connectivity index (χ0n) is 23.0. The van der Waals surface area contributed by atoms with Gasteiger partial charge in [0.05, 0.1) is 0 Å². The Bertz CT molecular complexity index is 1590. The normalized spacial score (nSPS) is 10.9. The van der Waals surface area contributed by atoms with E-state index >= 15 is 0 Å². The molecule has 0 fully saturated rings. The SMILES string of the molecule is NC(=O)OCCN(CCNC(=O)COc1ccc2ccc(=O)oc2c1)CCNC(=O)COc1ccc2ccc(=O)oc2c1. The summed E-state index contributed by atoms with van der Waals surface area (Å²) in [6.45, 7) is 1.08. The summed E-state index contributed by atoms with van der Waals surface area (Å²) in [5.41, 5.74) is 4.76. The first-order valence-corrected chi connectivity index (χ1v) is 13.3. The minimum Gasteiger partial charge on any atom is -0.484 e. The van der Waals surface area contributed by atoms with E-state index in [1.165, 1.54) is 24.3 Å². The van der Waals surface area contributed by atoms with Gasteiger partial charge in [-0.05, 0) is 36.4 Å². The van der Waals surface area contributed by atoms with Gasteiger partial charge in [0, 0.05) is 67.8 Å². The van der Waals surface area contributed by atoms with Crippen LogP contribution >= 0.6 is 0 Å². The molecule has 0 unspecified atom stereocenters. The van der Waals surface area contributed by atoms with E-state index in [0.29, 0.717) is 42.3 Å². The molecule has 0 spiro atoms. The lowest BCUT2D eigenvalue weighted by Crippen LogP contribution is -2.42. The number of carbonyl (C=O) groups is 3. The Kier molecular flexibility index (Phi) is 10.7. The number of fused-ring (bicyclic) bond motifs is 2. The Morgan fingerprint density at radius 2 is 1.16 bits per heavy atom. The second kappa shape index (κ2) is 15.0. The second-order valence-corrected chi connectivity index (χ2v) is 9.19. The molecule has 0 saturated carbocycles. The molecule has 0 bridgehead atoms. The number of carbonyl (C=O) groups excluding carboxylic acids is 3. The molecule has 2 heterocycles. The van der Waals surface area contributed by atoms with Gasteiger partial charge in [-0.2, -0.15) is 0 Å². The van der Waals surface area contributed by atoms with Crippen LogP contribution in [-0.2, 0) is 14.3 Å². The number of nitrogens with zero attached hydrogens (tertiary/aromatic N) is 1. The van der Waals surface area contributed by atoms with Crippen molar-refractivity contribution in [1.29, 1.82) is 0 Å². The van der Waals surface area contributed by atoms with Crippen molar-refractivity contribution in [2.75, 3.05) is 52.5 Å². The fourth-order valence-corrected chi connectivity index (χ4v) is 3.98. The van der Waals surface area contributed by atoms with E-state index in [0.717, 1.165) is 10.8 Å². The lowest BCUT2D eigenvalue weighted by atomic mass is 10.2. The topological polar surface area (TPSA) is 193 Å². The van der Waals surface area contributed by atoms with Gasteiger partial charge in [-0.15, -0.1) is 0 Å². The summed E-state index contributed by atoms with van der Waals surface area (Å²) in [5, 5.41) is 6.92. The first-order chi connectivity index (χ1) is 20.7. The van der Waals surface area contributed by atoms with Crippen molar-refractivity contribution in [3.63, 3.8) is 0 Å². The van der Waals surface area contributed by atoms with E-state index in [9.17, 15) is 24.0 Å². The van der Waals surface area contributed by atoms with Crippen LogP contribution < -0.4 is 37.1 Å². The van der Waals surface area contributed by atoms with E-state index in [1.807, 2.05) is 4.90 Å². The van der Waals surface area contributed by atoms with Gasteiger partial charge in [0.2, 0.25) is 0 Å². The van der Waals surface area contributed by atoms with Gasteiger partial charge < -0.3 is 39.4 Å². The monoisotopic (exact) mass is 594 g/mol. The zero-order valence-corrected chi connectivity index (χ0v) is 23.0. The van der Waals surface area contributed by atoms with Crippen LogP contribution in [0.1, 0.15) is 0 Å². The number of nitrogens with two attached hydrogens (primary N) is 1. The third-order valence-electron chi connectivity index (χ3n) is 6.08. The standard InChI is InChI=1S/C29H30N4O10/c30-29(38)39-14-13-33(11-9-31-25(34)17-40-21-5-1-19-3-7-27(36)42-23(19)15-21)12-10-32-26(35)18-41-22-6-2-20-4-8-28(37)43-24(20)16-22/h1-8,15-16H,9-14,17-18H2,(H2,30,38)(H,31,34)(H,32,35). The molecule has 4 aromatic rings. The lowest BCUT2D eigenvalue weighted by Gasteiger charge is -2.22. The maximum Gasteiger partial charge on any atom is 0.404 e. The first kappa shape index (κ1) is 30.6. The highest BCUT2D eigenvalue weighted by Crippen LogP contribution is 2.20. The predicted octanol–water partition coefficient (Wildman–Crippen LogP) is 0.987. The van der Waals surface area contributed by atoms with Crippen molar-refractivity contribution in [1.82, 2.24) is 15.5 Å². The number of benzene rings is 2. The van der Waals surface area contributed by atoms with E-state index < -0.39 is 17.3 Å². The van der Waals surface area contributed by atoms with E-state index in [-0.39, 0.29) is 44.7 Å². The molecule has 2 aromatic carbocycles. The molecule has 2 aromatic heterocycles. The highest BCUT2D eigenvalue weighted by atomic mass is 16.5. The van der Waals surface area contributed by atoms with Crippen LogP contribution in [0.25, 0.3) is 21.9 Å². The molecule has 4 N–H and O–H groups in total. The molecule has 4 rings (SSSR count). The Hall–Kier alpha value is -5.37. The average Bonchev–Trinajstić information content (AvgIpc) is 2.98. The summed E-state index contributed by atoms with van der Waals surface area (Å²) < 4.78 is 26.0. The van der Waals surface area contributed by atoms with Gasteiger partial charge in [-0.1, -0.05) is 0 Å². The third-order valence-corrected chi connectivity index (χ3v) is 6.08. The second-order valence-electron chi connectivity index (χ2n) is 9.19. The molecule has 0 radical (unpaired) electrons. The van der Waals surface area contributed by atoms with Crippen LogP contribution in [0.2, 0.25) is 0 Å². The van der Waals surface area contributed by atoms with Crippen LogP contribution in [0, 0.1) is 0 Å². The summed E-state index contributed by atoms with van der Waals surface area (Å²) in [6.07, 6.45) is -0.906. The molecule has 0 aliphatic rings. The van der Waals surface area contributed by atoms with Gasteiger partial charge in [0.15, 0.2) is 13.2 Å². The van der Waals surface area contributed by atoms with Crippen LogP contribution in [0.15, 0.2) is 79.1 Å². The summed E-state index contributed by atoms with van der Waals surface area (Å²) in [7, 11) is 0. The summed E-state index contributed by atoms with van der Waals surface area (Å²) in [4.78, 5) is 60.2. The van der Waals surface area contributed by atoms with Crippen LogP contribution in [0.4, 0.5) is 4.79 Å². The number of ether oxygens (including phenoxy) is 3. The molecule has 0 aliphatic carbocycles. The van der Waals surface area contributed by atoms with Crippen molar-refractivity contribution in [3.05, 3.63) is 81.5 Å². The van der Waals surface area contributed by atoms with Gasteiger partial charge in [-0.3, -0.25) is 14.5 Å². The van der Waals surface area contributed by atoms with Gasteiger partial charge in [0.25, 0.3) is 11.8 Å². The van der Waals surface area contributed by atoms with Crippen molar-refractivity contribution in [2.45, 2.75) is 0 Å². The quantitative estimate of drug-likeness (QED) is 0.166. The molecule has 0 aliphatic heterocycles. The number of primary amides is 1. The number of hydrogen-bond acceptors (Lipinski definition) is 11. The molecule has 43 heavy (non-hydrogen) atoms. The highest BCUT2D eigenvalue weighted by Gasteiger charge is 2.11. The van der Waals surface area contributed by atoms with E-state index in [4.69, 9.17) is 28.8 Å². The van der Waals surface area contributed by atoms with Crippen molar-refractivity contribution in [3.8, 4) is 11.5 Å². The van der Waals surface area contributed by atoms with Gasteiger partial charge in [-0.25, -0.2) is 14.4 Å². The van der Waals surface area contributed by atoms with Crippen molar-refractivity contribution < 1.29 is 37.4 Å². The van der Waals surface area contributed by atoms with Crippen molar-refractivity contribution in [2.24, 2.45) is 5.73 Å². The Balaban J connectivity index is 1.18. The van der Waals surface area contributed by atoms with Gasteiger partial charge in [0.1, 0.15) is 29.3 Å². The third kappa shape index (κ3) is 9.89. The summed E-state index contributed by atoms with van der Waals surface area (Å²) in [5.74, 6) is -0.00829. The minimum atomic E-state index is -0.906. The Morgan fingerprint density at radius 3 is 1.63 bits per heavy atom. The molecular formula is C29H30N4O10. The van der Waals surface area contributed by atoms with Crippen molar-refractivity contribution >= 4 is 39.8 Å². The van der Waals surface area contributed by atoms with Gasteiger partial charge >= 0.3 is 17.3 Å². The molecular weight excluding hydrogens is 564 g/mol. The summed E-state index contributed by atoms with van der Waals surface area (Å²) in [6, 6.07) is 15.7. The predicted molar refractivity (Wildman–Crippen MR) is 154 cm³/mol. The van der Waals surface area contributed by atoms with E-state index in [2.05, 4.69) is 10.6 Å². The fraction of sp³-hybridized carbons (Fsp3) is 0.276. The minimum absolute atomic E-state index is 0.0274. The maximum atomic E-state index is 12.3. The molecule has 14 nitrogen and oxygen atoms in total. The molecule has 14 heteroatoms. The van der Waals surface area contributed by atoms with Crippen LogP contribution in [0.5, 0.6) is 11.5 Å². The average molecular weight is 595 g/mol. The molecule has 3 amide bonds. The summed E-state index contributed by atoms with van der Waals surface area (Å²) >= 11 is 0. The highest BCUT2D eigenvalue weighted by molar-refractivity contribution is 5.80. The molecule has 226 valence electrons. The zero-order chi connectivity index (χ0) is 30.6. The maximum absolute atomic E-state index is 12.3.